The summed E-state index contributed by atoms with van der Waals surface area (Å²) >= 11 is 1.78. The molecule has 0 radical (unpaired) electrons. The molecule has 0 bridgehead atoms. The summed E-state index contributed by atoms with van der Waals surface area (Å²) in [6.07, 6.45) is 2.08. The highest BCUT2D eigenvalue weighted by molar-refractivity contribution is 8.00. The second-order valence-electron chi connectivity index (χ2n) is 5.17. The van der Waals surface area contributed by atoms with E-state index >= 15 is 0 Å². The molecule has 1 saturated heterocycles. The van der Waals surface area contributed by atoms with Gasteiger partial charge in [0.05, 0.1) is 16.7 Å². The predicted molar refractivity (Wildman–Crippen MR) is 78.6 cm³/mol. The van der Waals surface area contributed by atoms with Crippen molar-refractivity contribution in [2.45, 2.75) is 24.5 Å². The highest BCUT2D eigenvalue weighted by Crippen LogP contribution is 2.38. The van der Waals surface area contributed by atoms with Crippen molar-refractivity contribution >= 4 is 29.1 Å². The monoisotopic (exact) mass is 314 g/mol. The summed E-state index contributed by atoms with van der Waals surface area (Å²) in [6, 6.07) is 1.63. The summed E-state index contributed by atoms with van der Waals surface area (Å²) in [7, 11) is 0. The second kappa shape index (κ2) is 5.88. The highest BCUT2D eigenvalue weighted by atomic mass is 32.2. The molecule has 114 valence electrons. The molecule has 1 aliphatic rings. The zero-order valence-electron chi connectivity index (χ0n) is 11.4. The smallest absolute Gasteiger partial charge is 0.342 e. The van der Waals surface area contributed by atoms with E-state index in [4.69, 9.17) is 5.11 Å². The van der Waals surface area contributed by atoms with Crippen LogP contribution in [0.3, 0.4) is 0 Å². The van der Waals surface area contributed by atoms with Gasteiger partial charge in [-0.3, -0.25) is 10.1 Å². The number of aromatic carboxylic acids is 1. The van der Waals surface area contributed by atoms with Crippen molar-refractivity contribution in [2.24, 2.45) is 0 Å². The van der Waals surface area contributed by atoms with Crippen LogP contribution in [0.25, 0.3) is 0 Å². The number of hydrogen-bond donors (Lipinski definition) is 2. The van der Waals surface area contributed by atoms with Crippen molar-refractivity contribution in [2.75, 3.05) is 17.6 Å². The van der Waals surface area contributed by atoms with E-state index in [1.54, 1.807) is 11.8 Å². The Morgan fingerprint density at radius 3 is 2.86 bits per heavy atom. The van der Waals surface area contributed by atoms with Gasteiger partial charge in [-0.25, -0.2) is 9.18 Å². The van der Waals surface area contributed by atoms with E-state index in [0.717, 1.165) is 24.7 Å². The van der Waals surface area contributed by atoms with Gasteiger partial charge in [0.2, 0.25) is 0 Å². The number of nitro benzene ring substituents is 1. The quantitative estimate of drug-likeness (QED) is 0.641. The molecule has 0 amide bonds. The minimum absolute atomic E-state index is 0.0216. The number of carboxylic acids is 1. The number of hydrogen-bond acceptors (Lipinski definition) is 5. The fourth-order valence-electron chi connectivity index (χ4n) is 2.28. The molecule has 0 spiro atoms. The number of nitrogens with one attached hydrogen (secondary N) is 1. The van der Waals surface area contributed by atoms with Gasteiger partial charge in [0.25, 0.3) is 5.69 Å². The number of anilines is 1. The molecular weight excluding hydrogens is 299 g/mol. The molecule has 1 fully saturated rings. The topological polar surface area (TPSA) is 92.5 Å². The first kappa shape index (κ1) is 15.6. The Morgan fingerprint density at radius 2 is 2.33 bits per heavy atom. The van der Waals surface area contributed by atoms with Crippen LogP contribution in [-0.4, -0.2) is 33.0 Å². The van der Waals surface area contributed by atoms with Gasteiger partial charge in [0.1, 0.15) is 5.56 Å². The molecule has 1 heterocycles. The van der Waals surface area contributed by atoms with Crippen molar-refractivity contribution in [1.82, 2.24) is 0 Å². The highest BCUT2D eigenvalue weighted by Gasteiger charge is 2.30. The lowest BCUT2D eigenvalue weighted by Crippen LogP contribution is -2.27. The molecule has 8 heteroatoms. The summed E-state index contributed by atoms with van der Waals surface area (Å²) in [5.74, 6) is -1.23. The summed E-state index contributed by atoms with van der Waals surface area (Å²) in [5, 5.41) is 22.6. The first-order valence-corrected chi connectivity index (χ1v) is 7.40. The number of halogens is 1. The molecule has 21 heavy (non-hydrogen) atoms. The lowest BCUT2D eigenvalue weighted by Gasteiger charge is -2.23. The van der Waals surface area contributed by atoms with Crippen molar-refractivity contribution in [3.63, 3.8) is 0 Å². The molecule has 0 aliphatic carbocycles. The van der Waals surface area contributed by atoms with E-state index in [2.05, 4.69) is 12.2 Å². The van der Waals surface area contributed by atoms with Gasteiger partial charge in [-0.05, 0) is 31.6 Å². The van der Waals surface area contributed by atoms with Gasteiger partial charge in [-0.2, -0.15) is 11.8 Å². The van der Waals surface area contributed by atoms with Crippen LogP contribution in [0.2, 0.25) is 0 Å². The molecule has 0 aromatic heterocycles. The Morgan fingerprint density at radius 1 is 1.62 bits per heavy atom. The fraction of sp³-hybridized carbons (Fsp3) is 0.462. The van der Waals surface area contributed by atoms with E-state index in [0.29, 0.717) is 12.6 Å². The van der Waals surface area contributed by atoms with Gasteiger partial charge in [0, 0.05) is 11.3 Å². The Labute approximate surface area is 124 Å². The number of carboxylic acid groups (broad SMARTS) is 1. The molecule has 6 nitrogen and oxygen atoms in total. The van der Waals surface area contributed by atoms with E-state index < -0.39 is 28.0 Å². The standard InChI is InChI=1S/C13H15FN2O4S/c1-13(3-2-4-21-13)7-15-10-5-8(12(17)18)11(16(19)20)6-9(10)14/h5-6,15H,2-4,7H2,1H3,(H,17,18). The SMILES string of the molecule is CC1(CNc2cc(C(=O)O)c([N+](=O)[O-])cc2F)CCCS1. The summed E-state index contributed by atoms with van der Waals surface area (Å²) in [5.41, 5.74) is -1.29. The van der Waals surface area contributed by atoms with Crippen LogP contribution in [0.1, 0.15) is 30.1 Å². The molecule has 1 aromatic carbocycles. The zero-order chi connectivity index (χ0) is 15.6. The number of rotatable bonds is 5. The fourth-order valence-corrected chi connectivity index (χ4v) is 3.52. The molecule has 2 N–H and O–H groups in total. The van der Waals surface area contributed by atoms with Crippen LogP contribution in [0.4, 0.5) is 15.8 Å². The van der Waals surface area contributed by atoms with Gasteiger partial charge < -0.3 is 10.4 Å². The first-order valence-electron chi connectivity index (χ1n) is 6.41. The minimum Gasteiger partial charge on any atom is -0.477 e. The largest absolute Gasteiger partial charge is 0.477 e. The Kier molecular flexibility index (Phi) is 4.36. The van der Waals surface area contributed by atoms with E-state index in [9.17, 15) is 19.3 Å². The van der Waals surface area contributed by atoms with E-state index in [1.807, 2.05) is 0 Å². The average molecular weight is 314 g/mol. The molecule has 1 atom stereocenters. The van der Waals surface area contributed by atoms with E-state index in [1.165, 1.54) is 0 Å². The first-order chi connectivity index (χ1) is 9.82. The number of nitro groups is 1. The van der Waals surface area contributed by atoms with Gasteiger partial charge in [-0.15, -0.1) is 0 Å². The van der Waals surface area contributed by atoms with Crippen LogP contribution >= 0.6 is 11.8 Å². The van der Waals surface area contributed by atoms with Gasteiger partial charge in [0.15, 0.2) is 5.82 Å². The maximum absolute atomic E-state index is 13.9. The second-order valence-corrected chi connectivity index (χ2v) is 6.85. The van der Waals surface area contributed by atoms with Crippen LogP contribution in [-0.2, 0) is 0 Å². The molecule has 1 unspecified atom stereocenters. The van der Waals surface area contributed by atoms with Crippen LogP contribution in [0.5, 0.6) is 0 Å². The number of nitrogens with zero attached hydrogens (tertiary/aromatic N) is 1. The predicted octanol–water partition coefficient (Wildman–Crippen LogP) is 3.13. The third-order valence-corrected chi connectivity index (χ3v) is 5.00. The van der Waals surface area contributed by atoms with Crippen LogP contribution in [0.15, 0.2) is 12.1 Å². The van der Waals surface area contributed by atoms with Crippen molar-refractivity contribution in [1.29, 1.82) is 0 Å². The van der Waals surface area contributed by atoms with Crippen molar-refractivity contribution < 1.29 is 19.2 Å². The molecule has 2 rings (SSSR count). The Hall–Kier alpha value is -1.83. The van der Waals surface area contributed by atoms with Gasteiger partial charge in [-0.1, -0.05) is 0 Å². The Bertz CT molecular complexity index is 588. The molecule has 1 aliphatic heterocycles. The maximum Gasteiger partial charge on any atom is 0.342 e. The maximum atomic E-state index is 13.9. The number of thioether (sulfide) groups is 1. The zero-order valence-corrected chi connectivity index (χ0v) is 12.2. The summed E-state index contributed by atoms with van der Waals surface area (Å²) in [6.45, 7) is 2.53. The third-order valence-electron chi connectivity index (χ3n) is 3.47. The molecule has 0 saturated carbocycles. The third kappa shape index (κ3) is 3.44. The normalized spacial score (nSPS) is 21.2. The van der Waals surface area contributed by atoms with Crippen LogP contribution < -0.4 is 5.32 Å². The number of benzene rings is 1. The van der Waals surface area contributed by atoms with E-state index in [-0.39, 0.29) is 10.4 Å². The van der Waals surface area contributed by atoms with Crippen molar-refractivity contribution in [3.8, 4) is 0 Å². The number of carbonyl (C=O) groups is 1. The lowest BCUT2D eigenvalue weighted by molar-refractivity contribution is -0.385. The minimum atomic E-state index is -1.45. The molecular formula is C13H15FN2O4S. The Balaban J connectivity index is 2.25. The van der Waals surface area contributed by atoms with Crippen LogP contribution in [0, 0.1) is 15.9 Å². The summed E-state index contributed by atoms with van der Waals surface area (Å²) < 4.78 is 13.9. The van der Waals surface area contributed by atoms with Crippen molar-refractivity contribution in [3.05, 3.63) is 33.6 Å². The average Bonchev–Trinajstić information content (AvgIpc) is 2.84. The summed E-state index contributed by atoms with van der Waals surface area (Å²) in [4.78, 5) is 20.9. The lowest BCUT2D eigenvalue weighted by atomic mass is 10.1. The van der Waals surface area contributed by atoms with Gasteiger partial charge >= 0.3 is 5.97 Å². The molecule has 1 aromatic rings.